The zero-order valence-corrected chi connectivity index (χ0v) is 31.9. The van der Waals surface area contributed by atoms with Gasteiger partial charge in [0.15, 0.2) is 0 Å². The van der Waals surface area contributed by atoms with Gasteiger partial charge in [0.25, 0.3) is 0 Å². The number of hydrogen-bond donors (Lipinski definition) is 0. The molecule has 2 heterocycles. The van der Waals surface area contributed by atoms with Crippen LogP contribution in [0.2, 0.25) is 0 Å². The molecular weight excluding hydrogens is 709 g/mol. The lowest BCUT2D eigenvalue weighted by Gasteiger charge is -2.29. The maximum absolute atomic E-state index is 2.49. The van der Waals surface area contributed by atoms with Crippen molar-refractivity contribution in [3.05, 3.63) is 218 Å². The van der Waals surface area contributed by atoms with Crippen LogP contribution in [-0.4, -0.2) is 4.57 Å². The quantitative estimate of drug-likeness (QED) is 0.158. The lowest BCUT2D eigenvalue weighted by molar-refractivity contribution is 1.18. The molecule has 0 aliphatic carbocycles. The van der Waals surface area contributed by atoms with Gasteiger partial charge in [-0.3, -0.25) is 0 Å². The van der Waals surface area contributed by atoms with Gasteiger partial charge in [0, 0.05) is 47.8 Å². The Balaban J connectivity index is 1.21. The highest BCUT2D eigenvalue weighted by Crippen LogP contribution is 2.48. The molecule has 3 heteroatoms. The third-order valence-electron chi connectivity index (χ3n) is 11.2. The number of rotatable bonds is 7. The number of fused-ring (bicyclic) bond motifs is 6. The van der Waals surface area contributed by atoms with E-state index in [-0.39, 0.29) is 0 Å². The van der Waals surface area contributed by atoms with Crippen LogP contribution in [0, 0.1) is 0 Å². The fraction of sp³-hybridized carbons (Fsp3) is 0. The van der Waals surface area contributed by atoms with Gasteiger partial charge in [-0.1, -0.05) is 158 Å². The predicted molar refractivity (Wildman–Crippen MR) is 245 cm³/mol. The lowest BCUT2D eigenvalue weighted by atomic mass is 9.97. The Bertz CT molecular complexity index is 3230. The molecule has 2 aromatic heterocycles. The van der Waals surface area contributed by atoms with Crippen molar-refractivity contribution < 1.29 is 0 Å². The number of benzene rings is 9. The molecule has 0 saturated heterocycles. The van der Waals surface area contributed by atoms with E-state index in [1.807, 2.05) is 11.3 Å². The van der Waals surface area contributed by atoms with E-state index >= 15 is 0 Å². The third-order valence-corrected chi connectivity index (χ3v) is 12.3. The minimum Gasteiger partial charge on any atom is -0.309 e. The molecule has 0 bridgehead atoms. The number of para-hydroxylation sites is 2. The van der Waals surface area contributed by atoms with Gasteiger partial charge in [-0.05, 0) is 82.9 Å². The van der Waals surface area contributed by atoms with Crippen LogP contribution in [0.15, 0.2) is 218 Å². The predicted octanol–water partition coefficient (Wildman–Crippen LogP) is 15.6. The number of anilines is 3. The maximum atomic E-state index is 2.49. The Labute approximate surface area is 335 Å². The molecule has 0 aliphatic rings. The van der Waals surface area contributed by atoms with Gasteiger partial charge in [-0.2, -0.15) is 0 Å². The van der Waals surface area contributed by atoms with Gasteiger partial charge >= 0.3 is 0 Å². The van der Waals surface area contributed by atoms with Crippen LogP contribution in [-0.2, 0) is 0 Å². The van der Waals surface area contributed by atoms with Gasteiger partial charge in [-0.15, -0.1) is 11.3 Å². The van der Waals surface area contributed by atoms with E-state index in [2.05, 4.69) is 228 Å². The number of thiophene rings is 1. The van der Waals surface area contributed by atoms with E-state index in [1.54, 1.807) is 0 Å². The normalized spacial score (nSPS) is 11.5. The highest BCUT2D eigenvalue weighted by atomic mass is 32.1. The van der Waals surface area contributed by atoms with Crippen molar-refractivity contribution in [2.75, 3.05) is 4.90 Å². The van der Waals surface area contributed by atoms with Crippen molar-refractivity contribution in [2.24, 2.45) is 0 Å². The highest BCUT2D eigenvalue weighted by Gasteiger charge is 2.24. The first kappa shape index (κ1) is 33.2. The molecule has 2 nitrogen and oxygen atoms in total. The molecular formula is C54H36N2S. The van der Waals surface area contributed by atoms with Crippen LogP contribution in [0.4, 0.5) is 17.1 Å². The molecule has 0 N–H and O–H groups in total. The Kier molecular flexibility index (Phi) is 8.04. The summed E-state index contributed by atoms with van der Waals surface area (Å²) >= 11 is 1.86. The molecule has 0 atom stereocenters. The largest absolute Gasteiger partial charge is 0.309 e. The van der Waals surface area contributed by atoms with Crippen LogP contribution in [0.3, 0.4) is 0 Å². The van der Waals surface area contributed by atoms with Crippen molar-refractivity contribution in [3.8, 4) is 39.1 Å². The van der Waals surface area contributed by atoms with Gasteiger partial charge < -0.3 is 9.47 Å². The fourth-order valence-electron chi connectivity index (χ4n) is 8.63. The topological polar surface area (TPSA) is 8.17 Å². The van der Waals surface area contributed by atoms with Gasteiger partial charge in [0.2, 0.25) is 0 Å². The van der Waals surface area contributed by atoms with Crippen LogP contribution in [0.1, 0.15) is 0 Å². The summed E-state index contributed by atoms with van der Waals surface area (Å²) in [4.78, 5) is 2.49. The van der Waals surface area contributed by atoms with Crippen molar-refractivity contribution in [2.45, 2.75) is 0 Å². The van der Waals surface area contributed by atoms with E-state index in [0.717, 1.165) is 28.3 Å². The van der Waals surface area contributed by atoms with Crippen molar-refractivity contribution >= 4 is 70.4 Å². The Morgan fingerprint density at radius 2 is 0.947 bits per heavy atom. The summed E-state index contributed by atoms with van der Waals surface area (Å²) in [5, 5.41) is 4.98. The molecule has 11 aromatic rings. The maximum Gasteiger partial charge on any atom is 0.0562 e. The second-order valence-corrected chi connectivity index (χ2v) is 15.6. The van der Waals surface area contributed by atoms with E-state index < -0.39 is 0 Å². The molecule has 0 aliphatic heterocycles. The molecule has 268 valence electrons. The first-order chi connectivity index (χ1) is 28.3. The van der Waals surface area contributed by atoms with E-state index in [4.69, 9.17) is 0 Å². The first-order valence-electron chi connectivity index (χ1n) is 19.4. The molecule has 0 radical (unpaired) electrons. The Morgan fingerprint density at radius 3 is 1.74 bits per heavy atom. The zero-order chi connectivity index (χ0) is 37.7. The minimum absolute atomic E-state index is 1.12. The van der Waals surface area contributed by atoms with Crippen LogP contribution >= 0.6 is 11.3 Å². The third kappa shape index (κ3) is 5.63. The molecule has 0 fully saturated rings. The first-order valence-corrected chi connectivity index (χ1v) is 20.3. The molecule has 0 amide bonds. The molecule has 0 spiro atoms. The average molecular weight is 745 g/mol. The smallest absolute Gasteiger partial charge is 0.0562 e. The Hall–Kier alpha value is -7.20. The number of aromatic nitrogens is 1. The summed E-state index contributed by atoms with van der Waals surface area (Å²) in [5.41, 5.74) is 14.0. The second kappa shape index (κ2) is 13.8. The number of nitrogens with zero attached hydrogens (tertiary/aromatic N) is 2. The van der Waals surface area contributed by atoms with Crippen LogP contribution < -0.4 is 4.90 Å². The summed E-state index contributed by atoms with van der Waals surface area (Å²) in [6.07, 6.45) is 0. The van der Waals surface area contributed by atoms with Gasteiger partial charge in [0.05, 0.1) is 28.1 Å². The summed E-state index contributed by atoms with van der Waals surface area (Å²) in [6, 6.07) is 79.5. The second-order valence-electron chi connectivity index (χ2n) is 14.5. The van der Waals surface area contributed by atoms with E-state index in [0.29, 0.717) is 0 Å². The van der Waals surface area contributed by atoms with Crippen molar-refractivity contribution in [1.82, 2.24) is 4.57 Å². The monoisotopic (exact) mass is 744 g/mol. The molecule has 9 aromatic carbocycles. The van der Waals surface area contributed by atoms with Gasteiger partial charge in [0.1, 0.15) is 0 Å². The Morgan fingerprint density at radius 1 is 0.351 bits per heavy atom. The summed E-state index contributed by atoms with van der Waals surface area (Å²) < 4.78 is 5.07. The van der Waals surface area contributed by atoms with E-state index in [1.165, 1.54) is 69.8 Å². The minimum atomic E-state index is 1.12. The highest BCUT2D eigenvalue weighted by molar-refractivity contribution is 7.25. The van der Waals surface area contributed by atoms with Crippen molar-refractivity contribution in [1.29, 1.82) is 0 Å². The standard InChI is InChI=1S/C54H36N2S/c1-4-17-37(18-5-1)40-31-33-49(45(35-40)39-21-8-3-9-22-39)56-48-27-14-11-25-44(48)54-50(28-16-29-51(54)56)55(47-26-13-10-23-42(47)38-19-6-2-7-20-38)41-32-34-53-46(36-41)43-24-12-15-30-52(43)57-53/h1-36H. The van der Waals surface area contributed by atoms with Crippen LogP contribution in [0.25, 0.3) is 81.0 Å². The molecule has 11 rings (SSSR count). The molecule has 0 unspecified atom stereocenters. The lowest BCUT2D eigenvalue weighted by Crippen LogP contribution is -2.11. The zero-order valence-electron chi connectivity index (χ0n) is 31.1. The van der Waals surface area contributed by atoms with E-state index in [9.17, 15) is 0 Å². The SMILES string of the molecule is c1ccc(-c2ccc(-n3c4ccccc4c4c(N(c5ccc6sc7ccccc7c6c5)c5ccccc5-c5ccccc5)cccc43)c(-c3ccccc3)c2)cc1. The van der Waals surface area contributed by atoms with Crippen molar-refractivity contribution in [3.63, 3.8) is 0 Å². The fourth-order valence-corrected chi connectivity index (χ4v) is 9.71. The van der Waals surface area contributed by atoms with Crippen LogP contribution in [0.5, 0.6) is 0 Å². The van der Waals surface area contributed by atoms with Gasteiger partial charge in [-0.25, -0.2) is 0 Å². The summed E-state index contributed by atoms with van der Waals surface area (Å²) in [5.74, 6) is 0. The average Bonchev–Trinajstić information content (AvgIpc) is 3.83. The summed E-state index contributed by atoms with van der Waals surface area (Å²) in [6.45, 7) is 0. The molecule has 0 saturated carbocycles. The molecule has 57 heavy (non-hydrogen) atoms. The number of hydrogen-bond acceptors (Lipinski definition) is 2. The summed E-state index contributed by atoms with van der Waals surface area (Å²) in [7, 11) is 0.